The number of hydrogen-bond acceptors (Lipinski definition) is 2. The topological polar surface area (TPSA) is 24.9 Å². The summed E-state index contributed by atoms with van der Waals surface area (Å²) >= 11 is 0. The van der Waals surface area contributed by atoms with Crippen LogP contribution in [0.2, 0.25) is 0 Å². The van der Waals surface area contributed by atoms with Crippen LogP contribution in [0.5, 0.6) is 0 Å². The second kappa shape index (κ2) is 9.13. The molecule has 1 aromatic heterocycles. The van der Waals surface area contributed by atoms with Crippen LogP contribution in [-0.2, 0) is 13.0 Å². The van der Waals surface area contributed by atoms with Crippen molar-refractivity contribution in [3.8, 4) is 0 Å². The second-order valence-corrected chi connectivity index (χ2v) is 8.53. The smallest absolute Gasteiger partial charge is 0.126 e. The number of rotatable bonds is 8. The summed E-state index contributed by atoms with van der Waals surface area (Å²) in [5.41, 5.74) is 3.63. The maximum absolute atomic E-state index is 13.8. The van der Waals surface area contributed by atoms with Crippen molar-refractivity contribution in [3.63, 3.8) is 0 Å². The number of hydrogen-bond donors (Lipinski definition) is 1. The Morgan fingerprint density at radius 3 is 2.75 bits per heavy atom. The van der Waals surface area contributed by atoms with Crippen molar-refractivity contribution in [1.82, 2.24) is 10.3 Å². The van der Waals surface area contributed by atoms with Gasteiger partial charge in [-0.3, -0.25) is 4.98 Å². The van der Waals surface area contributed by atoms with E-state index in [4.69, 9.17) is 0 Å². The van der Waals surface area contributed by atoms with E-state index in [2.05, 4.69) is 17.2 Å². The van der Waals surface area contributed by atoms with E-state index in [1.54, 1.807) is 26.1 Å². The predicted octanol–water partition coefficient (Wildman–Crippen LogP) is 6.23. The predicted molar refractivity (Wildman–Crippen MR) is 110 cm³/mol. The third-order valence-corrected chi connectivity index (χ3v) is 6.18. The van der Waals surface area contributed by atoms with E-state index in [1.807, 2.05) is 24.3 Å². The van der Waals surface area contributed by atoms with Gasteiger partial charge < -0.3 is 5.32 Å². The van der Waals surface area contributed by atoms with Gasteiger partial charge in [0.05, 0.1) is 0 Å². The van der Waals surface area contributed by atoms with Gasteiger partial charge >= 0.3 is 0 Å². The quantitative estimate of drug-likeness (QED) is 0.581. The van der Waals surface area contributed by atoms with Crippen LogP contribution in [0.4, 0.5) is 8.78 Å². The molecule has 1 fully saturated rings. The monoisotopic (exact) mass is 386 g/mol. The first-order valence-corrected chi connectivity index (χ1v) is 10.5. The maximum atomic E-state index is 13.8. The molecule has 152 valence electrons. The maximum Gasteiger partial charge on any atom is 0.126 e. The van der Waals surface area contributed by atoms with Gasteiger partial charge in [0.2, 0.25) is 0 Å². The summed E-state index contributed by atoms with van der Waals surface area (Å²) in [5, 5.41) is 3.63. The minimum atomic E-state index is -0.974. The lowest BCUT2D eigenvalue weighted by molar-refractivity contribution is 0.255. The zero-order valence-corrected chi connectivity index (χ0v) is 17.3. The standard InChI is InChI=1S/C24H32F2N2/c1-4-10-24(13-21-8-7-20(16-28-21)18(3)25)11-9-22(14-24)27-15-19-6-5-17(2)23(26)12-19/h5-8,12,16,18,22,27H,4,9-11,13-15H2,1-3H3. The summed E-state index contributed by atoms with van der Waals surface area (Å²) in [7, 11) is 0. The second-order valence-electron chi connectivity index (χ2n) is 8.53. The molecule has 1 heterocycles. The fourth-order valence-corrected chi connectivity index (χ4v) is 4.56. The van der Waals surface area contributed by atoms with Gasteiger partial charge in [-0.1, -0.05) is 31.5 Å². The number of aromatic nitrogens is 1. The van der Waals surface area contributed by atoms with Crippen LogP contribution in [0.15, 0.2) is 36.5 Å². The molecule has 0 amide bonds. The number of nitrogens with zero attached hydrogens (tertiary/aromatic N) is 1. The van der Waals surface area contributed by atoms with E-state index in [1.165, 1.54) is 12.8 Å². The largest absolute Gasteiger partial charge is 0.310 e. The highest BCUT2D eigenvalue weighted by atomic mass is 19.1. The molecule has 3 atom stereocenters. The van der Waals surface area contributed by atoms with Crippen LogP contribution in [-0.4, -0.2) is 11.0 Å². The Morgan fingerprint density at radius 1 is 1.29 bits per heavy atom. The van der Waals surface area contributed by atoms with Crippen molar-refractivity contribution >= 4 is 0 Å². The van der Waals surface area contributed by atoms with Crippen molar-refractivity contribution < 1.29 is 8.78 Å². The van der Waals surface area contributed by atoms with Crippen LogP contribution in [0.3, 0.4) is 0 Å². The van der Waals surface area contributed by atoms with Gasteiger partial charge in [0.15, 0.2) is 0 Å². The zero-order valence-electron chi connectivity index (χ0n) is 17.3. The molecular weight excluding hydrogens is 354 g/mol. The molecule has 1 saturated carbocycles. The number of aryl methyl sites for hydroxylation is 1. The van der Waals surface area contributed by atoms with E-state index >= 15 is 0 Å². The Hall–Kier alpha value is -1.81. The van der Waals surface area contributed by atoms with Crippen LogP contribution >= 0.6 is 0 Å². The molecule has 28 heavy (non-hydrogen) atoms. The summed E-state index contributed by atoms with van der Waals surface area (Å²) in [6.07, 6.45) is 7.38. The van der Waals surface area contributed by atoms with Gasteiger partial charge in [-0.2, -0.15) is 0 Å². The van der Waals surface area contributed by atoms with Gasteiger partial charge in [-0.05, 0) is 74.6 Å². The van der Waals surface area contributed by atoms with Crippen molar-refractivity contribution in [3.05, 3.63) is 64.7 Å². The van der Waals surface area contributed by atoms with Gasteiger partial charge in [0, 0.05) is 30.0 Å². The van der Waals surface area contributed by atoms with E-state index < -0.39 is 6.17 Å². The molecular formula is C24H32F2N2. The minimum Gasteiger partial charge on any atom is -0.310 e. The lowest BCUT2D eigenvalue weighted by Gasteiger charge is -2.29. The summed E-state index contributed by atoms with van der Waals surface area (Å²) in [6.45, 7) is 6.27. The van der Waals surface area contributed by atoms with Gasteiger partial charge in [0.25, 0.3) is 0 Å². The highest BCUT2D eigenvalue weighted by Crippen LogP contribution is 2.44. The summed E-state index contributed by atoms with van der Waals surface area (Å²) in [5.74, 6) is -0.136. The molecule has 0 spiro atoms. The van der Waals surface area contributed by atoms with E-state index in [-0.39, 0.29) is 11.2 Å². The van der Waals surface area contributed by atoms with E-state index in [0.29, 0.717) is 23.7 Å². The Morgan fingerprint density at radius 2 is 2.11 bits per heavy atom. The SMILES string of the molecule is CCCC1(Cc2ccc(C(C)F)cn2)CCC(NCc2ccc(C)c(F)c2)C1. The van der Waals surface area contributed by atoms with Gasteiger partial charge in [-0.15, -0.1) is 0 Å². The molecule has 1 aliphatic rings. The zero-order chi connectivity index (χ0) is 20.1. The lowest BCUT2D eigenvalue weighted by atomic mass is 9.77. The fraction of sp³-hybridized carbons (Fsp3) is 0.542. The number of alkyl halides is 1. The summed E-state index contributed by atoms with van der Waals surface area (Å²) < 4.78 is 27.2. The number of halogens is 2. The van der Waals surface area contributed by atoms with Crippen molar-refractivity contribution in [1.29, 1.82) is 0 Å². The van der Waals surface area contributed by atoms with E-state index in [9.17, 15) is 8.78 Å². The number of nitrogens with one attached hydrogen (secondary N) is 1. The highest BCUT2D eigenvalue weighted by molar-refractivity contribution is 5.23. The first-order valence-electron chi connectivity index (χ1n) is 10.5. The molecule has 1 N–H and O–H groups in total. The molecule has 0 saturated heterocycles. The van der Waals surface area contributed by atoms with Crippen LogP contribution in [0.25, 0.3) is 0 Å². The Kier molecular flexibility index (Phi) is 6.82. The molecule has 2 nitrogen and oxygen atoms in total. The van der Waals surface area contributed by atoms with Crippen molar-refractivity contribution in [2.75, 3.05) is 0 Å². The number of pyridine rings is 1. The molecule has 0 aliphatic heterocycles. The normalized spacial score (nSPS) is 23.1. The number of benzene rings is 1. The minimum absolute atomic E-state index is 0.136. The van der Waals surface area contributed by atoms with Gasteiger partial charge in [-0.25, -0.2) is 8.78 Å². The van der Waals surface area contributed by atoms with Crippen LogP contribution in [0.1, 0.15) is 74.5 Å². The van der Waals surface area contributed by atoms with Gasteiger partial charge in [0.1, 0.15) is 12.0 Å². The highest BCUT2D eigenvalue weighted by Gasteiger charge is 2.38. The Bertz CT molecular complexity index is 773. The summed E-state index contributed by atoms with van der Waals surface area (Å²) in [4.78, 5) is 4.53. The van der Waals surface area contributed by atoms with Crippen molar-refractivity contribution in [2.24, 2.45) is 5.41 Å². The molecule has 2 aromatic rings. The first-order chi connectivity index (χ1) is 13.4. The van der Waals surface area contributed by atoms with Crippen molar-refractivity contribution in [2.45, 2.75) is 78.1 Å². The van der Waals surface area contributed by atoms with E-state index in [0.717, 1.165) is 36.9 Å². The molecule has 4 heteroatoms. The Balaban J connectivity index is 1.61. The molecule has 3 unspecified atom stereocenters. The molecule has 0 bridgehead atoms. The molecule has 3 rings (SSSR count). The fourth-order valence-electron chi connectivity index (χ4n) is 4.56. The first kappa shape index (κ1) is 20.9. The lowest BCUT2D eigenvalue weighted by Crippen LogP contribution is -2.29. The summed E-state index contributed by atoms with van der Waals surface area (Å²) in [6, 6.07) is 9.77. The van der Waals surface area contributed by atoms with Crippen LogP contribution in [0, 0.1) is 18.2 Å². The molecule has 1 aromatic carbocycles. The third-order valence-electron chi connectivity index (χ3n) is 6.18. The van der Waals surface area contributed by atoms with Crippen LogP contribution < -0.4 is 5.32 Å². The average Bonchev–Trinajstić information content (AvgIpc) is 3.06. The third kappa shape index (κ3) is 5.16. The molecule has 1 aliphatic carbocycles. The Labute approximate surface area is 167 Å². The average molecular weight is 387 g/mol. The molecule has 0 radical (unpaired) electrons.